The van der Waals surface area contributed by atoms with Gasteiger partial charge in [0.25, 0.3) is 0 Å². The fraction of sp³-hybridized carbons (Fsp3) is 0.765. The normalized spacial score (nSPS) is 12.8. The van der Waals surface area contributed by atoms with Crippen LogP contribution in [0.2, 0.25) is 0 Å². The molecule has 0 saturated heterocycles. The van der Waals surface area contributed by atoms with Crippen LogP contribution in [0, 0.1) is 0 Å². The van der Waals surface area contributed by atoms with E-state index in [1.807, 2.05) is 0 Å². The van der Waals surface area contributed by atoms with Crippen molar-refractivity contribution in [2.75, 3.05) is 0 Å². The molecule has 1 atom stereocenters. The van der Waals surface area contributed by atoms with Crippen LogP contribution in [0.5, 0.6) is 0 Å². The molecule has 0 aliphatic rings. The van der Waals surface area contributed by atoms with Crippen LogP contribution in [0.3, 0.4) is 0 Å². The average molecular weight is 360 g/mol. The minimum atomic E-state index is 0.236. The zero-order valence-electron chi connectivity index (χ0n) is 12.9. The van der Waals surface area contributed by atoms with E-state index in [9.17, 15) is 0 Å². The van der Waals surface area contributed by atoms with Crippen LogP contribution in [0.4, 0.5) is 0 Å². The van der Waals surface area contributed by atoms with Gasteiger partial charge in [-0.05, 0) is 28.4 Å². The average Bonchev–Trinajstić information content (AvgIpc) is 2.87. The van der Waals surface area contributed by atoms with Crippen LogP contribution in [0.1, 0.15) is 88.5 Å². The molecular formula is C17H30BrNS. The lowest BCUT2D eigenvalue weighted by Crippen LogP contribution is -2.08. The molecule has 0 fully saturated rings. The van der Waals surface area contributed by atoms with Gasteiger partial charge in [0.2, 0.25) is 0 Å². The molecule has 0 spiro atoms. The highest BCUT2D eigenvalue weighted by atomic mass is 79.9. The van der Waals surface area contributed by atoms with Crippen molar-refractivity contribution in [2.24, 2.45) is 5.73 Å². The standard InChI is InChI=1S/C17H30BrNS/c1-2-3-4-5-6-7-8-9-10-11-12-16(19)17-13-15(18)14-20-17/h13-14,16H,2-12,19H2,1H3. The molecule has 0 aromatic carbocycles. The molecule has 1 nitrogen and oxygen atoms in total. The fourth-order valence-electron chi connectivity index (χ4n) is 2.52. The van der Waals surface area contributed by atoms with Crippen LogP contribution in [-0.2, 0) is 0 Å². The van der Waals surface area contributed by atoms with Gasteiger partial charge in [-0.1, -0.05) is 71.1 Å². The monoisotopic (exact) mass is 359 g/mol. The third-order valence-corrected chi connectivity index (χ3v) is 5.65. The zero-order chi connectivity index (χ0) is 14.6. The Kier molecular flexibility index (Phi) is 10.7. The van der Waals surface area contributed by atoms with Crippen molar-refractivity contribution >= 4 is 27.3 Å². The molecular weight excluding hydrogens is 330 g/mol. The Bertz CT molecular complexity index is 337. The number of nitrogens with two attached hydrogens (primary N) is 1. The molecule has 1 unspecified atom stereocenters. The first-order valence-corrected chi connectivity index (χ1v) is 9.90. The van der Waals surface area contributed by atoms with Gasteiger partial charge >= 0.3 is 0 Å². The Hall–Kier alpha value is 0.140. The summed E-state index contributed by atoms with van der Waals surface area (Å²) in [6.07, 6.45) is 15.0. The molecule has 1 aromatic heterocycles. The Balaban J connectivity index is 1.89. The van der Waals surface area contributed by atoms with E-state index in [1.165, 1.54) is 69.1 Å². The maximum absolute atomic E-state index is 6.21. The summed E-state index contributed by atoms with van der Waals surface area (Å²) < 4.78 is 1.16. The van der Waals surface area contributed by atoms with Gasteiger partial charge in [0.15, 0.2) is 0 Å². The van der Waals surface area contributed by atoms with E-state index in [4.69, 9.17) is 5.73 Å². The van der Waals surface area contributed by atoms with Crippen LogP contribution in [0.15, 0.2) is 15.9 Å². The highest BCUT2D eigenvalue weighted by molar-refractivity contribution is 9.10. The second kappa shape index (κ2) is 11.8. The molecule has 2 N–H and O–H groups in total. The maximum Gasteiger partial charge on any atom is 0.0390 e. The van der Waals surface area contributed by atoms with Crippen molar-refractivity contribution in [3.63, 3.8) is 0 Å². The van der Waals surface area contributed by atoms with E-state index in [0.29, 0.717) is 0 Å². The fourth-order valence-corrected chi connectivity index (χ4v) is 4.00. The summed E-state index contributed by atoms with van der Waals surface area (Å²) >= 11 is 5.26. The van der Waals surface area contributed by atoms with Gasteiger partial charge in [-0.15, -0.1) is 11.3 Å². The lowest BCUT2D eigenvalue weighted by Gasteiger charge is -2.09. The third kappa shape index (κ3) is 8.43. The SMILES string of the molecule is CCCCCCCCCCCCC(N)c1cc(Br)cs1. The Morgan fingerprint density at radius 1 is 1.00 bits per heavy atom. The van der Waals surface area contributed by atoms with E-state index >= 15 is 0 Å². The van der Waals surface area contributed by atoms with Crippen molar-refractivity contribution in [3.8, 4) is 0 Å². The molecule has 20 heavy (non-hydrogen) atoms. The van der Waals surface area contributed by atoms with E-state index in [2.05, 4.69) is 34.3 Å². The van der Waals surface area contributed by atoms with Crippen LogP contribution >= 0.6 is 27.3 Å². The van der Waals surface area contributed by atoms with Gasteiger partial charge < -0.3 is 5.73 Å². The zero-order valence-corrected chi connectivity index (χ0v) is 15.3. The number of rotatable bonds is 12. The van der Waals surface area contributed by atoms with Gasteiger partial charge in [-0.2, -0.15) is 0 Å². The summed E-state index contributed by atoms with van der Waals surface area (Å²) in [6.45, 7) is 2.28. The van der Waals surface area contributed by atoms with E-state index < -0.39 is 0 Å². The second-order valence-electron chi connectivity index (χ2n) is 5.74. The highest BCUT2D eigenvalue weighted by Crippen LogP contribution is 2.27. The molecule has 0 saturated carbocycles. The minimum Gasteiger partial charge on any atom is -0.323 e. The topological polar surface area (TPSA) is 26.0 Å². The molecule has 0 aliphatic heterocycles. The van der Waals surface area contributed by atoms with Crippen molar-refractivity contribution in [1.82, 2.24) is 0 Å². The number of hydrogen-bond acceptors (Lipinski definition) is 2. The first-order valence-electron chi connectivity index (χ1n) is 8.23. The molecule has 0 amide bonds. The number of thiophene rings is 1. The summed E-state index contributed by atoms with van der Waals surface area (Å²) in [5.74, 6) is 0. The lowest BCUT2D eigenvalue weighted by molar-refractivity contribution is 0.531. The van der Waals surface area contributed by atoms with Gasteiger partial charge in [0.1, 0.15) is 0 Å². The smallest absolute Gasteiger partial charge is 0.0390 e. The molecule has 1 aromatic rings. The van der Waals surface area contributed by atoms with Crippen LogP contribution in [0.25, 0.3) is 0 Å². The van der Waals surface area contributed by atoms with E-state index in [0.717, 1.165) is 10.9 Å². The first-order chi connectivity index (χ1) is 9.74. The largest absolute Gasteiger partial charge is 0.323 e. The summed E-state index contributed by atoms with van der Waals surface area (Å²) in [5, 5.41) is 2.12. The predicted molar refractivity (Wildman–Crippen MR) is 95.4 cm³/mol. The number of unbranched alkanes of at least 4 members (excludes halogenated alkanes) is 9. The molecule has 1 rings (SSSR count). The third-order valence-electron chi connectivity index (χ3n) is 3.82. The van der Waals surface area contributed by atoms with Crippen molar-refractivity contribution in [3.05, 3.63) is 20.8 Å². The minimum absolute atomic E-state index is 0.236. The first kappa shape index (κ1) is 18.2. The van der Waals surface area contributed by atoms with E-state index in [1.54, 1.807) is 11.3 Å². The molecule has 116 valence electrons. The Labute approximate surface area is 137 Å². The predicted octanol–water partition coefficient (Wildman–Crippen LogP) is 6.82. The lowest BCUT2D eigenvalue weighted by atomic mass is 10.0. The van der Waals surface area contributed by atoms with E-state index in [-0.39, 0.29) is 6.04 Å². The van der Waals surface area contributed by atoms with Gasteiger partial charge in [0.05, 0.1) is 0 Å². The Morgan fingerprint density at radius 2 is 1.55 bits per heavy atom. The summed E-state index contributed by atoms with van der Waals surface area (Å²) in [4.78, 5) is 1.31. The van der Waals surface area contributed by atoms with Crippen molar-refractivity contribution in [2.45, 2.75) is 83.6 Å². The Morgan fingerprint density at radius 3 is 2.05 bits per heavy atom. The molecule has 0 bridgehead atoms. The van der Waals surface area contributed by atoms with Crippen molar-refractivity contribution < 1.29 is 0 Å². The number of halogens is 1. The van der Waals surface area contributed by atoms with Crippen LogP contribution < -0.4 is 5.73 Å². The molecule has 0 radical (unpaired) electrons. The van der Waals surface area contributed by atoms with Crippen molar-refractivity contribution in [1.29, 1.82) is 0 Å². The quantitative estimate of drug-likeness (QED) is 0.407. The number of hydrogen-bond donors (Lipinski definition) is 1. The summed E-state index contributed by atoms with van der Waals surface area (Å²) in [5.41, 5.74) is 6.21. The van der Waals surface area contributed by atoms with Gasteiger partial charge in [0, 0.05) is 20.8 Å². The molecule has 3 heteroatoms. The van der Waals surface area contributed by atoms with Gasteiger partial charge in [-0.25, -0.2) is 0 Å². The summed E-state index contributed by atoms with van der Waals surface area (Å²) in [7, 11) is 0. The van der Waals surface area contributed by atoms with Gasteiger partial charge in [-0.3, -0.25) is 0 Å². The molecule has 1 heterocycles. The maximum atomic E-state index is 6.21. The highest BCUT2D eigenvalue weighted by Gasteiger charge is 2.07. The molecule has 0 aliphatic carbocycles. The van der Waals surface area contributed by atoms with Crippen LogP contribution in [-0.4, -0.2) is 0 Å². The summed E-state index contributed by atoms with van der Waals surface area (Å²) in [6, 6.07) is 2.39. The second-order valence-corrected chi connectivity index (χ2v) is 7.60.